The van der Waals surface area contributed by atoms with E-state index in [1.807, 2.05) is 19.9 Å². The van der Waals surface area contributed by atoms with E-state index in [0.717, 1.165) is 12.8 Å². The van der Waals surface area contributed by atoms with Crippen molar-refractivity contribution >= 4 is 0 Å². The second-order valence-electron chi connectivity index (χ2n) is 3.28. The van der Waals surface area contributed by atoms with Gasteiger partial charge in [-0.2, -0.15) is 15.8 Å². The molecular weight excluding hydrogens is 200 g/mol. The molecule has 0 aromatic heterocycles. The minimum absolute atomic E-state index is 0.0283. The summed E-state index contributed by atoms with van der Waals surface area (Å²) in [6, 6.07) is 5.28. The van der Waals surface area contributed by atoms with Gasteiger partial charge in [-0.3, -0.25) is 0 Å². The van der Waals surface area contributed by atoms with E-state index in [0.29, 0.717) is 0 Å². The Morgan fingerprint density at radius 3 is 1.94 bits per heavy atom. The molecule has 16 heavy (non-hydrogen) atoms. The number of rotatable bonds is 4. The summed E-state index contributed by atoms with van der Waals surface area (Å²) < 4.78 is 0. The maximum Gasteiger partial charge on any atom is 0.153 e. The molecule has 0 aliphatic carbocycles. The number of nitrogens with zero attached hydrogens (tertiary/aromatic N) is 3. The van der Waals surface area contributed by atoms with Gasteiger partial charge < -0.3 is 5.73 Å². The number of nitrogens with two attached hydrogens (primary N) is 1. The monoisotopic (exact) mass is 214 g/mol. The Kier molecular flexibility index (Phi) is 6.10. The molecule has 0 unspecified atom stereocenters. The summed E-state index contributed by atoms with van der Waals surface area (Å²) in [5.41, 5.74) is 5.57. The molecule has 0 heterocycles. The topological polar surface area (TPSA) is 97.4 Å². The number of allylic oxidation sites excluding steroid dienone is 3. The van der Waals surface area contributed by atoms with Crippen molar-refractivity contribution in [2.45, 2.75) is 26.7 Å². The fourth-order valence-electron chi connectivity index (χ4n) is 1.23. The zero-order valence-corrected chi connectivity index (χ0v) is 9.49. The molecule has 0 bridgehead atoms. The quantitative estimate of drug-likeness (QED) is 0.572. The van der Waals surface area contributed by atoms with Crippen LogP contribution in [0.1, 0.15) is 26.7 Å². The fourth-order valence-corrected chi connectivity index (χ4v) is 1.23. The molecule has 2 N–H and O–H groups in total. The highest BCUT2D eigenvalue weighted by atomic mass is 14.6. The number of nitriles is 3. The minimum Gasteiger partial charge on any atom is -0.396 e. The van der Waals surface area contributed by atoms with Crippen molar-refractivity contribution < 1.29 is 0 Å². The average Bonchev–Trinajstić information content (AvgIpc) is 2.32. The Hall–Kier alpha value is -2.25. The van der Waals surface area contributed by atoms with Gasteiger partial charge in [-0.1, -0.05) is 19.9 Å². The molecule has 0 saturated carbocycles. The van der Waals surface area contributed by atoms with Crippen LogP contribution in [0.15, 0.2) is 22.9 Å². The summed E-state index contributed by atoms with van der Waals surface area (Å²) in [5, 5.41) is 26.2. The third-order valence-corrected chi connectivity index (χ3v) is 2.35. The van der Waals surface area contributed by atoms with E-state index in [4.69, 9.17) is 21.5 Å². The Morgan fingerprint density at radius 2 is 1.62 bits per heavy atom. The van der Waals surface area contributed by atoms with Crippen molar-refractivity contribution in [1.82, 2.24) is 0 Å². The lowest BCUT2D eigenvalue weighted by Crippen LogP contribution is -2.05. The van der Waals surface area contributed by atoms with Crippen LogP contribution in [0.4, 0.5) is 0 Å². The van der Waals surface area contributed by atoms with Gasteiger partial charge >= 0.3 is 0 Å². The molecule has 0 aliphatic rings. The maximum absolute atomic E-state index is 8.93. The first kappa shape index (κ1) is 13.8. The van der Waals surface area contributed by atoms with Crippen molar-refractivity contribution in [3.05, 3.63) is 22.9 Å². The van der Waals surface area contributed by atoms with E-state index < -0.39 is 0 Å². The first-order valence-corrected chi connectivity index (χ1v) is 5.06. The van der Waals surface area contributed by atoms with Crippen LogP contribution in [-0.2, 0) is 0 Å². The largest absolute Gasteiger partial charge is 0.396 e. The molecule has 0 amide bonds. The van der Waals surface area contributed by atoms with Crippen LogP contribution >= 0.6 is 0 Å². The van der Waals surface area contributed by atoms with Crippen LogP contribution in [0.5, 0.6) is 0 Å². The van der Waals surface area contributed by atoms with Gasteiger partial charge in [0.05, 0.1) is 11.3 Å². The van der Waals surface area contributed by atoms with Gasteiger partial charge in [-0.25, -0.2) is 0 Å². The first-order chi connectivity index (χ1) is 7.64. The molecule has 0 spiro atoms. The van der Waals surface area contributed by atoms with Crippen LogP contribution in [0.3, 0.4) is 0 Å². The van der Waals surface area contributed by atoms with Gasteiger partial charge in [-0.05, 0) is 18.8 Å². The van der Waals surface area contributed by atoms with Gasteiger partial charge in [0.15, 0.2) is 5.57 Å². The van der Waals surface area contributed by atoms with Crippen LogP contribution in [0.25, 0.3) is 0 Å². The minimum atomic E-state index is -0.209. The zero-order valence-electron chi connectivity index (χ0n) is 9.49. The molecule has 0 aromatic carbocycles. The highest BCUT2D eigenvalue weighted by molar-refractivity contribution is 5.52. The number of hydrogen-bond donors (Lipinski definition) is 1. The highest BCUT2D eigenvalue weighted by Gasteiger charge is 2.09. The van der Waals surface area contributed by atoms with Crippen molar-refractivity contribution in [3.8, 4) is 18.2 Å². The van der Waals surface area contributed by atoms with Gasteiger partial charge in [0.1, 0.15) is 18.2 Å². The Bertz CT molecular complexity index is 403. The van der Waals surface area contributed by atoms with E-state index in [1.54, 1.807) is 18.2 Å². The van der Waals surface area contributed by atoms with Gasteiger partial charge in [0.25, 0.3) is 0 Å². The average molecular weight is 214 g/mol. The smallest absolute Gasteiger partial charge is 0.153 e. The maximum atomic E-state index is 8.93. The summed E-state index contributed by atoms with van der Waals surface area (Å²) in [7, 11) is 0. The summed E-state index contributed by atoms with van der Waals surface area (Å²) in [5.74, 6) is 0.242. The predicted molar refractivity (Wildman–Crippen MR) is 60.2 cm³/mol. The van der Waals surface area contributed by atoms with Crippen molar-refractivity contribution in [2.24, 2.45) is 11.7 Å². The predicted octanol–water partition coefficient (Wildman–Crippen LogP) is 2.13. The van der Waals surface area contributed by atoms with E-state index in [1.165, 1.54) is 0 Å². The Morgan fingerprint density at radius 1 is 1.12 bits per heavy atom. The summed E-state index contributed by atoms with van der Waals surface area (Å²) in [6.07, 6.45) is 3.51. The van der Waals surface area contributed by atoms with E-state index >= 15 is 0 Å². The van der Waals surface area contributed by atoms with Gasteiger partial charge in [-0.15, -0.1) is 0 Å². The Balaban J connectivity index is 5.36. The summed E-state index contributed by atoms with van der Waals surface area (Å²) in [6.45, 7) is 4.02. The van der Waals surface area contributed by atoms with Gasteiger partial charge in [0.2, 0.25) is 0 Å². The second kappa shape index (κ2) is 7.10. The normalized spacial score (nSPS) is 10.1. The van der Waals surface area contributed by atoms with Crippen LogP contribution in [-0.4, -0.2) is 0 Å². The molecule has 0 rings (SSSR count). The molecule has 4 heteroatoms. The first-order valence-electron chi connectivity index (χ1n) is 5.06. The van der Waals surface area contributed by atoms with Crippen LogP contribution in [0, 0.1) is 39.9 Å². The SMILES string of the molecule is CCC(C=C(C#N)C(N)=C(C#N)C#N)CC. The van der Waals surface area contributed by atoms with E-state index in [2.05, 4.69) is 0 Å². The van der Waals surface area contributed by atoms with Crippen molar-refractivity contribution in [2.75, 3.05) is 0 Å². The third-order valence-electron chi connectivity index (χ3n) is 2.35. The van der Waals surface area contributed by atoms with Gasteiger partial charge in [0, 0.05) is 0 Å². The molecule has 82 valence electrons. The van der Waals surface area contributed by atoms with Crippen LogP contribution in [0.2, 0.25) is 0 Å². The van der Waals surface area contributed by atoms with E-state index in [-0.39, 0.29) is 22.8 Å². The summed E-state index contributed by atoms with van der Waals surface area (Å²) in [4.78, 5) is 0. The molecule has 0 aromatic rings. The number of hydrogen-bond acceptors (Lipinski definition) is 4. The lowest BCUT2D eigenvalue weighted by atomic mass is 9.98. The third kappa shape index (κ3) is 3.48. The molecule has 0 saturated heterocycles. The molecule has 0 aliphatic heterocycles. The van der Waals surface area contributed by atoms with Crippen molar-refractivity contribution in [3.63, 3.8) is 0 Å². The highest BCUT2D eigenvalue weighted by Crippen LogP contribution is 2.16. The molecule has 0 fully saturated rings. The molecular formula is C12H14N4. The lowest BCUT2D eigenvalue weighted by Gasteiger charge is -2.07. The lowest BCUT2D eigenvalue weighted by molar-refractivity contribution is 0.604. The summed E-state index contributed by atoms with van der Waals surface area (Å²) >= 11 is 0. The zero-order chi connectivity index (χ0) is 12.6. The fraction of sp³-hybridized carbons (Fsp3) is 0.417. The Labute approximate surface area is 95.9 Å². The molecule has 0 atom stereocenters. The standard InChI is InChI=1S/C12H14N4/c1-3-9(4-2)5-10(6-13)12(16)11(7-14)8-15/h5,9H,3-4,16H2,1-2H3. The van der Waals surface area contributed by atoms with Crippen molar-refractivity contribution in [1.29, 1.82) is 15.8 Å². The van der Waals surface area contributed by atoms with Crippen LogP contribution < -0.4 is 5.73 Å². The van der Waals surface area contributed by atoms with E-state index in [9.17, 15) is 0 Å². The molecule has 0 radical (unpaired) electrons. The molecule has 4 nitrogen and oxygen atoms in total. The second-order valence-corrected chi connectivity index (χ2v) is 3.28.